The zero-order valence-corrected chi connectivity index (χ0v) is 44.5. The third-order valence-electron chi connectivity index (χ3n) is 13.2. The molecule has 0 spiro atoms. The largest absolute Gasteiger partial charge is 0.368 e. The van der Waals surface area contributed by atoms with Gasteiger partial charge in [0.05, 0.1) is 32.7 Å². The molecule has 394 valence electrons. The molecule has 0 aliphatic carbocycles. The maximum Gasteiger partial charge on any atom is 0.242 e. The number of nitrogens with two attached hydrogens (primary N) is 2. The molecule has 0 aromatic heterocycles. The molecule has 0 aliphatic rings. The Morgan fingerprint density at radius 3 is 0.821 bits per heavy atom. The van der Waals surface area contributed by atoms with E-state index in [1.165, 1.54) is 133 Å². The summed E-state index contributed by atoms with van der Waals surface area (Å²) in [6, 6.07) is 0. The van der Waals surface area contributed by atoms with Crippen LogP contribution in [0.4, 0.5) is 0 Å². The third kappa shape index (κ3) is 39.8. The Bertz CT molecular complexity index is 1190. The first-order valence-electron chi connectivity index (χ1n) is 28.4. The van der Waals surface area contributed by atoms with Crippen molar-refractivity contribution in [2.45, 2.75) is 252 Å². The summed E-state index contributed by atoms with van der Waals surface area (Å²) in [4.78, 5) is 75.3. The molecule has 0 heterocycles. The molecule has 0 saturated carbocycles. The molecule has 5 N–H and O–H groups in total. The van der Waals surface area contributed by atoms with Crippen molar-refractivity contribution >= 4 is 29.5 Å². The van der Waals surface area contributed by atoms with E-state index in [2.05, 4.69) is 33.0 Å². The van der Waals surface area contributed by atoms with Crippen molar-refractivity contribution < 1.29 is 24.0 Å². The van der Waals surface area contributed by atoms with Crippen LogP contribution in [0.3, 0.4) is 0 Å². The molecule has 0 aromatic carbocycles. The summed E-state index contributed by atoms with van der Waals surface area (Å²) in [5.74, 6) is -1.48. The molecule has 67 heavy (non-hydrogen) atoms. The van der Waals surface area contributed by atoms with Gasteiger partial charge in [-0.15, -0.1) is 0 Å². The predicted molar refractivity (Wildman–Crippen MR) is 282 cm³/mol. The molecular formula is C55H109N7O5. The average molecular weight is 949 g/mol. The minimum absolute atomic E-state index is 0.0826. The van der Waals surface area contributed by atoms with Crippen LogP contribution in [0.25, 0.3) is 0 Å². The Morgan fingerprint density at radius 2 is 0.567 bits per heavy atom. The molecule has 0 atom stereocenters. The van der Waals surface area contributed by atoms with E-state index in [1.54, 1.807) is 14.7 Å². The van der Waals surface area contributed by atoms with E-state index in [1.807, 2.05) is 0 Å². The number of amides is 5. The number of nitrogens with one attached hydrogen (secondary N) is 1. The second-order valence-corrected chi connectivity index (χ2v) is 19.7. The lowest BCUT2D eigenvalue weighted by Crippen LogP contribution is -2.51. The SMILES string of the molecule is CCCCCCCCCCCN(CC(N)=O)C(=O)CN(CCCCCCCCCC)C(=O)CN(CCCCCCCCCCC)C(=O)CN(CCCCCCCCCC)C(=O)CNCCCN. The van der Waals surface area contributed by atoms with Gasteiger partial charge in [-0.05, 0) is 45.2 Å². The number of hydrogen-bond acceptors (Lipinski definition) is 7. The van der Waals surface area contributed by atoms with Crippen LogP contribution in [-0.2, 0) is 24.0 Å². The predicted octanol–water partition coefficient (Wildman–Crippen LogP) is 11.1. The van der Waals surface area contributed by atoms with E-state index in [-0.39, 0.29) is 56.4 Å². The lowest BCUT2D eigenvalue weighted by molar-refractivity contribution is -0.146. The van der Waals surface area contributed by atoms with Gasteiger partial charge in [-0.25, -0.2) is 0 Å². The third-order valence-corrected chi connectivity index (χ3v) is 13.2. The van der Waals surface area contributed by atoms with Gasteiger partial charge in [0.15, 0.2) is 0 Å². The summed E-state index contributed by atoms with van der Waals surface area (Å²) < 4.78 is 0. The van der Waals surface area contributed by atoms with Crippen LogP contribution in [-0.4, -0.2) is 121 Å². The number of rotatable bonds is 51. The van der Waals surface area contributed by atoms with Crippen molar-refractivity contribution in [1.82, 2.24) is 24.9 Å². The van der Waals surface area contributed by atoms with Gasteiger partial charge in [0.2, 0.25) is 29.5 Å². The van der Waals surface area contributed by atoms with Gasteiger partial charge < -0.3 is 36.4 Å². The van der Waals surface area contributed by atoms with Crippen LogP contribution < -0.4 is 16.8 Å². The summed E-state index contributed by atoms with van der Waals surface area (Å²) in [6.45, 7) is 11.4. The van der Waals surface area contributed by atoms with Crippen molar-refractivity contribution in [2.75, 3.05) is 72.0 Å². The Kier molecular flexibility index (Phi) is 46.3. The fourth-order valence-electron chi connectivity index (χ4n) is 8.78. The Labute approximate surface area is 413 Å². The van der Waals surface area contributed by atoms with Crippen molar-refractivity contribution in [3.63, 3.8) is 0 Å². The first kappa shape index (κ1) is 64.3. The van der Waals surface area contributed by atoms with Crippen LogP contribution >= 0.6 is 0 Å². The summed E-state index contributed by atoms with van der Waals surface area (Å²) in [6.07, 6.45) is 39.1. The maximum atomic E-state index is 14.5. The van der Waals surface area contributed by atoms with Crippen LogP contribution in [0.2, 0.25) is 0 Å². The molecule has 0 bridgehead atoms. The topological polar surface area (TPSA) is 162 Å². The highest BCUT2D eigenvalue weighted by Gasteiger charge is 2.27. The molecule has 0 aromatic rings. The van der Waals surface area contributed by atoms with Crippen LogP contribution in [0.5, 0.6) is 0 Å². The molecule has 0 saturated heterocycles. The van der Waals surface area contributed by atoms with Crippen molar-refractivity contribution in [2.24, 2.45) is 11.5 Å². The van der Waals surface area contributed by atoms with E-state index in [0.717, 1.165) is 96.3 Å². The van der Waals surface area contributed by atoms with Gasteiger partial charge >= 0.3 is 0 Å². The summed E-state index contributed by atoms with van der Waals surface area (Å²) in [5.41, 5.74) is 11.4. The molecule has 0 fully saturated rings. The van der Waals surface area contributed by atoms with Crippen molar-refractivity contribution in [1.29, 1.82) is 0 Å². The lowest BCUT2D eigenvalue weighted by atomic mass is 10.1. The number of primary amides is 1. The Balaban J connectivity index is 6.19. The van der Waals surface area contributed by atoms with Gasteiger partial charge in [0.25, 0.3) is 0 Å². The molecule has 12 nitrogen and oxygen atoms in total. The molecular weight excluding hydrogens is 839 g/mol. The monoisotopic (exact) mass is 948 g/mol. The number of carbonyl (C=O) groups is 5. The average Bonchev–Trinajstić information content (AvgIpc) is 3.31. The minimum atomic E-state index is -0.566. The molecule has 0 radical (unpaired) electrons. The van der Waals surface area contributed by atoms with Crippen LogP contribution in [0.15, 0.2) is 0 Å². The van der Waals surface area contributed by atoms with E-state index >= 15 is 0 Å². The highest BCUT2D eigenvalue weighted by atomic mass is 16.2. The maximum absolute atomic E-state index is 14.5. The van der Waals surface area contributed by atoms with Crippen LogP contribution in [0.1, 0.15) is 252 Å². The number of carbonyl (C=O) groups excluding carboxylic acids is 5. The zero-order chi connectivity index (χ0) is 49.4. The summed E-state index contributed by atoms with van der Waals surface area (Å²) in [7, 11) is 0. The summed E-state index contributed by atoms with van der Waals surface area (Å²) >= 11 is 0. The normalized spacial score (nSPS) is 11.2. The number of hydrogen-bond donors (Lipinski definition) is 3. The summed E-state index contributed by atoms with van der Waals surface area (Å²) in [5, 5.41) is 3.20. The fraction of sp³-hybridized carbons (Fsp3) is 0.909. The smallest absolute Gasteiger partial charge is 0.242 e. The number of unbranched alkanes of at least 4 members (excludes halogenated alkanes) is 30. The van der Waals surface area contributed by atoms with Gasteiger partial charge in [-0.1, -0.05) is 220 Å². The van der Waals surface area contributed by atoms with E-state index < -0.39 is 5.91 Å². The zero-order valence-electron chi connectivity index (χ0n) is 44.5. The minimum Gasteiger partial charge on any atom is -0.368 e. The second kappa shape index (κ2) is 48.3. The van der Waals surface area contributed by atoms with E-state index in [9.17, 15) is 24.0 Å². The molecule has 0 unspecified atom stereocenters. The van der Waals surface area contributed by atoms with Gasteiger partial charge in [0, 0.05) is 26.2 Å². The van der Waals surface area contributed by atoms with Crippen molar-refractivity contribution in [3.05, 3.63) is 0 Å². The molecule has 0 rings (SSSR count). The molecule has 0 aliphatic heterocycles. The highest BCUT2D eigenvalue weighted by Crippen LogP contribution is 2.15. The van der Waals surface area contributed by atoms with E-state index in [0.29, 0.717) is 39.3 Å². The van der Waals surface area contributed by atoms with Gasteiger partial charge in [-0.2, -0.15) is 0 Å². The lowest BCUT2D eigenvalue weighted by Gasteiger charge is -2.31. The number of nitrogens with zero attached hydrogens (tertiary/aromatic N) is 4. The van der Waals surface area contributed by atoms with Crippen molar-refractivity contribution in [3.8, 4) is 0 Å². The highest BCUT2D eigenvalue weighted by molar-refractivity contribution is 5.91. The fourth-order valence-corrected chi connectivity index (χ4v) is 8.78. The first-order valence-corrected chi connectivity index (χ1v) is 28.4. The van der Waals surface area contributed by atoms with Gasteiger partial charge in [0.1, 0.15) is 0 Å². The Morgan fingerprint density at radius 1 is 0.328 bits per heavy atom. The van der Waals surface area contributed by atoms with E-state index in [4.69, 9.17) is 11.5 Å². The first-order chi connectivity index (χ1) is 32.6. The standard InChI is InChI=1S/C55H109N7O5/c1-5-9-13-17-21-25-29-31-35-42-59(47-51(57)63)53(65)49-61(44-37-33-28-24-20-16-12-8-4)55(67)50-62(45-38-34-30-26-22-18-14-10-6-2)54(66)48-60(52(64)46-58-41-39-40-56)43-36-32-27-23-19-15-11-7-3/h58H,5-50,56H2,1-4H3,(H2,57,63). The van der Waals surface area contributed by atoms with Crippen LogP contribution in [0, 0.1) is 0 Å². The molecule has 12 heteroatoms. The van der Waals surface area contributed by atoms with Gasteiger partial charge in [-0.3, -0.25) is 24.0 Å². The quantitative estimate of drug-likeness (QED) is 0.0511. The molecule has 5 amide bonds. The Hall–Kier alpha value is -2.73. The second-order valence-electron chi connectivity index (χ2n) is 19.7.